The number of carbonyl (C=O) groups excluding carboxylic acids is 2. The van der Waals surface area contributed by atoms with Gasteiger partial charge in [-0.25, -0.2) is 10.5 Å². The molecule has 0 unspecified atom stereocenters. The second-order valence-corrected chi connectivity index (χ2v) is 6.93. The van der Waals surface area contributed by atoms with Gasteiger partial charge in [-0.3, -0.25) is 15.0 Å². The molecule has 4 rings (SSSR count). The Morgan fingerprint density at radius 1 is 0.844 bits per heavy atom. The summed E-state index contributed by atoms with van der Waals surface area (Å²) in [5.41, 5.74) is 5.56. The standard InChI is InChI=1S/C25H21N5O2/c26-28-25(32)22(27-24(31)19-12-6-2-7-13-19)16-20-17-30(21-14-8-3-9-15-21)29-23(20)18-10-4-1-5-11-18/h1-17H,26H2,(H,27,31)(H,28,32). The molecule has 0 saturated carbocycles. The van der Waals surface area contributed by atoms with Gasteiger partial charge in [0, 0.05) is 22.9 Å². The molecule has 0 spiro atoms. The number of nitrogens with two attached hydrogens (primary N) is 1. The number of hydrogen-bond donors (Lipinski definition) is 3. The van der Waals surface area contributed by atoms with E-state index in [1.165, 1.54) is 0 Å². The van der Waals surface area contributed by atoms with Crippen molar-refractivity contribution >= 4 is 17.9 Å². The highest BCUT2D eigenvalue weighted by molar-refractivity contribution is 6.05. The van der Waals surface area contributed by atoms with Gasteiger partial charge in [0.2, 0.25) is 0 Å². The zero-order valence-corrected chi connectivity index (χ0v) is 17.1. The van der Waals surface area contributed by atoms with Crippen LogP contribution in [0.25, 0.3) is 23.0 Å². The third-order valence-corrected chi connectivity index (χ3v) is 4.77. The molecule has 1 aromatic heterocycles. The number of carbonyl (C=O) groups is 2. The van der Waals surface area contributed by atoms with E-state index in [0.717, 1.165) is 11.3 Å². The first kappa shape index (κ1) is 20.8. The number of hydrogen-bond acceptors (Lipinski definition) is 4. The van der Waals surface area contributed by atoms with Crippen LogP contribution >= 0.6 is 0 Å². The zero-order valence-electron chi connectivity index (χ0n) is 17.1. The van der Waals surface area contributed by atoms with Crippen LogP contribution in [0.2, 0.25) is 0 Å². The second-order valence-electron chi connectivity index (χ2n) is 6.93. The summed E-state index contributed by atoms with van der Waals surface area (Å²) in [5, 5.41) is 7.38. The van der Waals surface area contributed by atoms with Gasteiger partial charge in [-0.05, 0) is 30.3 Å². The fourth-order valence-corrected chi connectivity index (χ4v) is 3.20. The molecule has 0 saturated heterocycles. The maximum atomic E-state index is 12.7. The van der Waals surface area contributed by atoms with Gasteiger partial charge < -0.3 is 5.32 Å². The van der Waals surface area contributed by atoms with E-state index in [1.807, 2.05) is 66.7 Å². The molecule has 7 heteroatoms. The second kappa shape index (κ2) is 9.55. The van der Waals surface area contributed by atoms with Gasteiger partial charge in [0.1, 0.15) is 11.4 Å². The molecule has 4 aromatic rings. The maximum Gasteiger partial charge on any atom is 0.281 e. The molecule has 3 aromatic carbocycles. The third-order valence-electron chi connectivity index (χ3n) is 4.77. The van der Waals surface area contributed by atoms with Crippen molar-refractivity contribution in [3.63, 3.8) is 0 Å². The molecule has 0 atom stereocenters. The molecule has 1 heterocycles. The van der Waals surface area contributed by atoms with Crippen LogP contribution < -0.4 is 16.6 Å². The smallest absolute Gasteiger partial charge is 0.281 e. The lowest BCUT2D eigenvalue weighted by atomic mass is 10.1. The lowest BCUT2D eigenvalue weighted by Crippen LogP contribution is -2.38. The quantitative estimate of drug-likeness (QED) is 0.192. The highest BCUT2D eigenvalue weighted by atomic mass is 16.2. The van der Waals surface area contributed by atoms with Crippen molar-refractivity contribution in [3.8, 4) is 16.9 Å². The largest absolute Gasteiger partial charge is 0.317 e. The number of benzene rings is 3. The predicted molar refractivity (Wildman–Crippen MR) is 123 cm³/mol. The van der Waals surface area contributed by atoms with E-state index in [1.54, 1.807) is 41.2 Å². The Morgan fingerprint density at radius 2 is 1.44 bits per heavy atom. The molecule has 158 valence electrons. The number of amides is 2. The van der Waals surface area contributed by atoms with Crippen LogP contribution in [0.4, 0.5) is 0 Å². The van der Waals surface area contributed by atoms with E-state index in [2.05, 4.69) is 10.7 Å². The minimum absolute atomic E-state index is 0.00569. The van der Waals surface area contributed by atoms with Crippen LogP contribution in [0.1, 0.15) is 15.9 Å². The highest BCUT2D eigenvalue weighted by Gasteiger charge is 2.17. The van der Waals surface area contributed by atoms with E-state index >= 15 is 0 Å². The summed E-state index contributed by atoms with van der Waals surface area (Å²) in [7, 11) is 0. The fraction of sp³-hybridized carbons (Fsp3) is 0. The number of hydrazine groups is 1. The third kappa shape index (κ3) is 4.63. The molecule has 0 aliphatic rings. The van der Waals surface area contributed by atoms with Gasteiger partial charge in [0.25, 0.3) is 11.8 Å². The van der Waals surface area contributed by atoms with Crippen molar-refractivity contribution in [1.82, 2.24) is 20.5 Å². The van der Waals surface area contributed by atoms with Crippen LogP contribution in [0.3, 0.4) is 0 Å². The normalized spacial score (nSPS) is 11.1. The number of para-hydroxylation sites is 1. The SMILES string of the molecule is NNC(=O)C(=Cc1cn(-c2ccccc2)nc1-c1ccccc1)NC(=O)c1ccccc1. The van der Waals surface area contributed by atoms with E-state index in [4.69, 9.17) is 10.9 Å². The number of nitrogens with one attached hydrogen (secondary N) is 2. The van der Waals surface area contributed by atoms with Crippen LogP contribution in [-0.2, 0) is 4.79 Å². The molecule has 0 aliphatic carbocycles. The minimum atomic E-state index is -0.624. The first-order valence-corrected chi connectivity index (χ1v) is 9.95. The summed E-state index contributed by atoms with van der Waals surface area (Å²) >= 11 is 0. The zero-order chi connectivity index (χ0) is 22.3. The molecule has 0 bridgehead atoms. The Labute approximate surface area is 185 Å². The molecule has 32 heavy (non-hydrogen) atoms. The van der Waals surface area contributed by atoms with Gasteiger partial charge >= 0.3 is 0 Å². The Bertz CT molecular complexity index is 1250. The average molecular weight is 423 g/mol. The number of nitrogens with zero attached hydrogens (tertiary/aromatic N) is 2. The van der Waals surface area contributed by atoms with Crippen LogP contribution in [0.15, 0.2) is 103 Å². The molecule has 0 fully saturated rings. The topological polar surface area (TPSA) is 102 Å². The van der Waals surface area contributed by atoms with Crippen molar-refractivity contribution in [2.45, 2.75) is 0 Å². The van der Waals surface area contributed by atoms with E-state index in [0.29, 0.717) is 16.8 Å². The molecule has 0 radical (unpaired) electrons. The van der Waals surface area contributed by atoms with Crippen molar-refractivity contribution in [1.29, 1.82) is 0 Å². The van der Waals surface area contributed by atoms with Gasteiger partial charge in [0.15, 0.2) is 0 Å². The van der Waals surface area contributed by atoms with Gasteiger partial charge in [0.05, 0.1) is 5.69 Å². The lowest BCUT2D eigenvalue weighted by Gasteiger charge is -2.09. The van der Waals surface area contributed by atoms with Crippen molar-refractivity contribution < 1.29 is 9.59 Å². The molecular weight excluding hydrogens is 402 g/mol. The van der Waals surface area contributed by atoms with Crippen LogP contribution in [-0.4, -0.2) is 21.6 Å². The van der Waals surface area contributed by atoms with Crippen molar-refractivity contribution in [2.24, 2.45) is 5.84 Å². The highest BCUT2D eigenvalue weighted by Crippen LogP contribution is 2.25. The minimum Gasteiger partial charge on any atom is -0.317 e. The van der Waals surface area contributed by atoms with Gasteiger partial charge in [-0.15, -0.1) is 0 Å². The fourth-order valence-electron chi connectivity index (χ4n) is 3.20. The van der Waals surface area contributed by atoms with Crippen molar-refractivity contribution in [2.75, 3.05) is 0 Å². The monoisotopic (exact) mass is 423 g/mol. The molecule has 4 N–H and O–H groups in total. The summed E-state index contributed by atoms with van der Waals surface area (Å²) in [6.07, 6.45) is 3.37. The lowest BCUT2D eigenvalue weighted by molar-refractivity contribution is -0.117. The van der Waals surface area contributed by atoms with Gasteiger partial charge in [-0.2, -0.15) is 5.10 Å². The summed E-state index contributed by atoms with van der Waals surface area (Å²) < 4.78 is 1.73. The molecule has 2 amide bonds. The van der Waals surface area contributed by atoms with E-state index < -0.39 is 11.8 Å². The van der Waals surface area contributed by atoms with Crippen molar-refractivity contribution in [3.05, 3.63) is 114 Å². The molecule has 7 nitrogen and oxygen atoms in total. The van der Waals surface area contributed by atoms with Crippen LogP contribution in [0.5, 0.6) is 0 Å². The predicted octanol–water partition coefficient (Wildman–Crippen LogP) is 3.30. The van der Waals surface area contributed by atoms with Gasteiger partial charge in [-0.1, -0.05) is 66.7 Å². The summed E-state index contributed by atoms with van der Waals surface area (Å²) in [6, 6.07) is 27.9. The Balaban J connectivity index is 1.78. The molecular formula is C25H21N5O2. The number of aromatic nitrogens is 2. The van der Waals surface area contributed by atoms with Crippen LogP contribution in [0, 0.1) is 0 Å². The Kier molecular flexibility index (Phi) is 6.20. The van der Waals surface area contributed by atoms with E-state index in [-0.39, 0.29) is 5.70 Å². The summed E-state index contributed by atoms with van der Waals surface area (Å²) in [6.45, 7) is 0. The Hall–Kier alpha value is -4.49. The number of rotatable bonds is 6. The molecule has 0 aliphatic heterocycles. The first-order chi connectivity index (χ1) is 15.7. The summed E-state index contributed by atoms with van der Waals surface area (Å²) in [4.78, 5) is 25.1. The maximum absolute atomic E-state index is 12.7. The summed E-state index contributed by atoms with van der Waals surface area (Å²) in [5.74, 6) is 4.33. The first-order valence-electron chi connectivity index (χ1n) is 9.95. The van der Waals surface area contributed by atoms with E-state index in [9.17, 15) is 9.59 Å². The average Bonchev–Trinajstić information content (AvgIpc) is 3.28. The Morgan fingerprint density at radius 3 is 2.06 bits per heavy atom.